The van der Waals surface area contributed by atoms with E-state index in [9.17, 15) is 35.5 Å². The highest BCUT2D eigenvalue weighted by Gasteiger charge is 2.41. The second-order valence-electron chi connectivity index (χ2n) is 12.7. The number of likely N-dealkylation sites (N-methyl/N-ethyl adjacent to an activating group) is 2. The summed E-state index contributed by atoms with van der Waals surface area (Å²) in [6.07, 6.45) is -8.65. The molecule has 0 saturated carbocycles. The van der Waals surface area contributed by atoms with Crippen molar-refractivity contribution in [2.24, 2.45) is 0 Å². The molecule has 3 aromatic rings. The van der Waals surface area contributed by atoms with Crippen LogP contribution in [0.15, 0.2) is 48.7 Å². The number of halogens is 7. The molecule has 46 heavy (non-hydrogen) atoms. The molecule has 248 valence electrons. The minimum Gasteiger partial charge on any atom is -0.354 e. The molecule has 3 heterocycles. The van der Waals surface area contributed by atoms with Crippen LogP contribution in [0.1, 0.15) is 36.1 Å². The molecular formula is C33H36F7N5O. The van der Waals surface area contributed by atoms with Crippen molar-refractivity contribution in [2.75, 3.05) is 63.2 Å². The van der Waals surface area contributed by atoms with Crippen molar-refractivity contribution in [3.63, 3.8) is 0 Å². The van der Waals surface area contributed by atoms with Crippen LogP contribution in [0.3, 0.4) is 0 Å². The first-order chi connectivity index (χ1) is 21.4. The smallest absolute Gasteiger partial charge is 0.354 e. The molecule has 5 rings (SSSR count). The van der Waals surface area contributed by atoms with Crippen LogP contribution in [-0.2, 0) is 22.6 Å². The summed E-state index contributed by atoms with van der Waals surface area (Å²) in [5, 5.41) is 0. The topological polar surface area (TPSA) is 42.9 Å². The molecule has 1 atom stereocenters. The van der Waals surface area contributed by atoms with Crippen LogP contribution in [0.4, 0.5) is 42.2 Å². The van der Waals surface area contributed by atoms with Crippen molar-refractivity contribution in [3.8, 4) is 11.1 Å². The van der Waals surface area contributed by atoms with E-state index < -0.39 is 46.2 Å². The highest BCUT2D eigenvalue weighted by Crippen LogP contribution is 2.41. The fraction of sp³-hybridized carbons (Fsp3) is 0.455. The third kappa shape index (κ3) is 6.71. The number of carbonyl (C=O) groups is 1. The number of benzene rings is 2. The number of rotatable bonds is 5. The molecule has 6 nitrogen and oxygen atoms in total. The summed E-state index contributed by atoms with van der Waals surface area (Å²) in [5.41, 5.74) is -3.28. The first kappa shape index (κ1) is 33.6. The maximum atomic E-state index is 14.1. The van der Waals surface area contributed by atoms with Gasteiger partial charge >= 0.3 is 12.4 Å². The fourth-order valence-electron chi connectivity index (χ4n) is 6.31. The van der Waals surface area contributed by atoms with Crippen molar-refractivity contribution >= 4 is 17.4 Å². The summed E-state index contributed by atoms with van der Waals surface area (Å²) in [6, 6.07) is 7.51. The van der Waals surface area contributed by atoms with E-state index in [0.717, 1.165) is 32.7 Å². The predicted molar refractivity (Wildman–Crippen MR) is 162 cm³/mol. The van der Waals surface area contributed by atoms with E-state index >= 15 is 0 Å². The van der Waals surface area contributed by atoms with Gasteiger partial charge in [0.1, 0.15) is 11.6 Å². The average molecular weight is 652 g/mol. The number of aryl methyl sites for hydroxylation is 1. The number of nitrogens with zero attached hydrogens (tertiary/aromatic N) is 5. The van der Waals surface area contributed by atoms with Crippen molar-refractivity contribution in [2.45, 2.75) is 44.6 Å². The van der Waals surface area contributed by atoms with Gasteiger partial charge in [0.25, 0.3) is 0 Å². The van der Waals surface area contributed by atoms with Crippen molar-refractivity contribution in [1.82, 2.24) is 14.8 Å². The zero-order valence-corrected chi connectivity index (χ0v) is 26.2. The monoisotopic (exact) mass is 651 g/mol. The number of amides is 1. The van der Waals surface area contributed by atoms with Gasteiger partial charge in [-0.25, -0.2) is 9.37 Å². The van der Waals surface area contributed by atoms with E-state index in [4.69, 9.17) is 0 Å². The van der Waals surface area contributed by atoms with E-state index in [1.54, 1.807) is 19.1 Å². The minimum atomic E-state index is -5.06. The molecule has 0 radical (unpaired) electrons. The molecule has 0 bridgehead atoms. The predicted octanol–water partition coefficient (Wildman–Crippen LogP) is 6.61. The third-order valence-electron chi connectivity index (χ3n) is 9.08. The summed E-state index contributed by atoms with van der Waals surface area (Å²) in [7, 11) is 3.48. The Labute approximate surface area is 263 Å². The molecule has 1 aromatic heterocycles. The van der Waals surface area contributed by atoms with Gasteiger partial charge in [0, 0.05) is 57.9 Å². The standard InChI is InChI=1S/C33H36F7N5O/c1-20-12-24(34)6-7-26(20)27-16-29(45-11-10-44-9-8-42(4)18-25(44)19-45)41-17-28(27)43(5)30(46)31(2,3)21-13-22(32(35,36)37)15-23(14-21)33(38,39)40/h6-7,12-17,25H,8-11,18-19H2,1-5H3/t25-/m0/s1. The van der Waals surface area contributed by atoms with E-state index in [-0.39, 0.29) is 11.8 Å². The van der Waals surface area contributed by atoms with Gasteiger partial charge in [-0.3, -0.25) is 9.69 Å². The van der Waals surface area contributed by atoms with E-state index in [1.807, 2.05) is 0 Å². The van der Waals surface area contributed by atoms with Crippen molar-refractivity contribution in [1.29, 1.82) is 0 Å². The van der Waals surface area contributed by atoms with E-state index in [2.05, 4.69) is 26.7 Å². The van der Waals surface area contributed by atoms with Crippen LogP contribution in [0.2, 0.25) is 0 Å². The molecule has 0 aliphatic carbocycles. The number of piperazine rings is 2. The van der Waals surface area contributed by atoms with E-state index in [0.29, 0.717) is 47.2 Å². The van der Waals surface area contributed by atoms with Crippen molar-refractivity contribution in [3.05, 3.63) is 76.7 Å². The number of hydrogen-bond donors (Lipinski definition) is 0. The minimum absolute atomic E-state index is 0.0387. The normalized spacial score (nSPS) is 18.4. The molecule has 1 amide bonds. The molecule has 2 saturated heterocycles. The Morgan fingerprint density at radius 3 is 2.07 bits per heavy atom. The van der Waals surface area contributed by atoms with Crippen LogP contribution >= 0.6 is 0 Å². The SMILES string of the molecule is Cc1cc(F)ccc1-c1cc(N2CCN3CCN(C)C[C@H]3C2)ncc1N(C)C(=O)C(C)(C)c1cc(C(F)(F)F)cc(C(F)(F)F)c1. The molecule has 0 spiro atoms. The van der Waals surface area contributed by atoms with Gasteiger partial charge < -0.3 is 14.7 Å². The van der Waals surface area contributed by atoms with Gasteiger partial charge in [-0.2, -0.15) is 26.3 Å². The number of fused-ring (bicyclic) bond motifs is 1. The lowest BCUT2D eigenvalue weighted by molar-refractivity contribution is -0.143. The van der Waals surface area contributed by atoms with E-state index in [1.165, 1.54) is 44.1 Å². The van der Waals surface area contributed by atoms with Gasteiger partial charge in [-0.15, -0.1) is 0 Å². The lowest BCUT2D eigenvalue weighted by Gasteiger charge is -2.47. The Morgan fingerprint density at radius 1 is 0.848 bits per heavy atom. The third-order valence-corrected chi connectivity index (χ3v) is 9.08. The largest absolute Gasteiger partial charge is 0.416 e. The number of carbonyl (C=O) groups excluding carboxylic acids is 1. The Bertz CT molecular complexity index is 1590. The van der Waals surface area contributed by atoms with Crippen LogP contribution in [0.25, 0.3) is 11.1 Å². The average Bonchev–Trinajstić information content (AvgIpc) is 2.98. The molecular weight excluding hydrogens is 615 g/mol. The Balaban J connectivity index is 1.55. The fourth-order valence-corrected chi connectivity index (χ4v) is 6.31. The first-order valence-corrected chi connectivity index (χ1v) is 14.9. The molecule has 2 aliphatic rings. The number of aromatic nitrogens is 1. The zero-order valence-electron chi connectivity index (χ0n) is 26.2. The summed E-state index contributed by atoms with van der Waals surface area (Å²) in [4.78, 5) is 26.8. The van der Waals surface area contributed by atoms with Crippen LogP contribution < -0.4 is 9.80 Å². The number of anilines is 2. The summed E-state index contributed by atoms with van der Waals surface area (Å²) in [5.74, 6) is -0.567. The molecule has 2 aliphatic heterocycles. The number of alkyl halides is 6. The molecule has 2 aromatic carbocycles. The molecule has 2 fully saturated rings. The molecule has 13 heteroatoms. The highest BCUT2D eigenvalue weighted by atomic mass is 19.4. The summed E-state index contributed by atoms with van der Waals surface area (Å²) >= 11 is 0. The Hall–Kier alpha value is -3.71. The summed E-state index contributed by atoms with van der Waals surface area (Å²) in [6.45, 7) is 9.43. The van der Waals surface area contributed by atoms with Gasteiger partial charge in [0.2, 0.25) is 5.91 Å². The maximum Gasteiger partial charge on any atom is 0.416 e. The quantitative estimate of drug-likeness (QED) is 0.291. The lowest BCUT2D eigenvalue weighted by atomic mass is 9.81. The van der Waals surface area contributed by atoms with Crippen molar-refractivity contribution < 1.29 is 35.5 Å². The van der Waals surface area contributed by atoms with Crippen LogP contribution in [0, 0.1) is 12.7 Å². The van der Waals surface area contributed by atoms with Gasteiger partial charge in [0.05, 0.1) is 28.4 Å². The molecule has 0 unspecified atom stereocenters. The van der Waals surface area contributed by atoms with Gasteiger partial charge in [-0.05, 0) is 80.9 Å². The Kier molecular flexibility index (Phi) is 8.88. The number of pyridine rings is 1. The maximum absolute atomic E-state index is 14.1. The molecule has 0 N–H and O–H groups in total. The highest BCUT2D eigenvalue weighted by molar-refractivity contribution is 6.03. The van der Waals surface area contributed by atoms with Gasteiger partial charge in [-0.1, -0.05) is 6.07 Å². The Morgan fingerprint density at radius 2 is 1.46 bits per heavy atom. The van der Waals surface area contributed by atoms with Crippen LogP contribution in [-0.4, -0.2) is 80.1 Å². The zero-order chi connectivity index (χ0) is 33.8. The lowest BCUT2D eigenvalue weighted by Crippen LogP contribution is -2.61. The van der Waals surface area contributed by atoms with Crippen LogP contribution in [0.5, 0.6) is 0 Å². The second kappa shape index (κ2) is 12.1. The number of hydrogen-bond acceptors (Lipinski definition) is 5. The first-order valence-electron chi connectivity index (χ1n) is 14.9. The summed E-state index contributed by atoms with van der Waals surface area (Å²) < 4.78 is 96.0. The van der Waals surface area contributed by atoms with Gasteiger partial charge in [0.15, 0.2) is 0 Å². The second-order valence-corrected chi connectivity index (χ2v) is 12.7.